The normalized spacial score (nSPS) is 13.0. The monoisotopic (exact) mass is 283 g/mol. The van der Waals surface area contributed by atoms with Gasteiger partial charge in [0.1, 0.15) is 0 Å². The molecule has 104 valence electrons. The quantitative estimate of drug-likeness (QED) is 0.366. The molecule has 2 aromatic carbocycles. The zero-order chi connectivity index (χ0) is 15.1. The molecule has 0 aromatic heterocycles. The van der Waals surface area contributed by atoms with Crippen LogP contribution in [-0.4, -0.2) is 16.9 Å². The molecule has 0 amide bonds. The molecule has 0 aliphatic carbocycles. The summed E-state index contributed by atoms with van der Waals surface area (Å²) in [5.74, 6) is -1.32. The molecule has 0 unspecified atom stereocenters. The number of aryl methyl sites for hydroxylation is 1. The standard InChI is InChI=1S/C15H9NO5/c1-8-6-10(16(19)20)3-5-11(8)9-2-4-12-13(7-9)15(18)21-14(12)17/h2-7H,1H3. The molecule has 6 nitrogen and oxygen atoms in total. The van der Waals surface area contributed by atoms with E-state index < -0.39 is 16.9 Å². The summed E-state index contributed by atoms with van der Waals surface area (Å²) in [4.78, 5) is 33.2. The Hall–Kier alpha value is -3.02. The average molecular weight is 283 g/mol. The van der Waals surface area contributed by atoms with Crippen molar-refractivity contribution in [2.24, 2.45) is 0 Å². The number of ether oxygens (including phenoxy) is 1. The van der Waals surface area contributed by atoms with Gasteiger partial charge in [-0.3, -0.25) is 10.1 Å². The van der Waals surface area contributed by atoms with Gasteiger partial charge in [0.25, 0.3) is 5.69 Å². The van der Waals surface area contributed by atoms with Crippen LogP contribution in [0.4, 0.5) is 5.69 Å². The van der Waals surface area contributed by atoms with Gasteiger partial charge >= 0.3 is 11.9 Å². The highest BCUT2D eigenvalue weighted by Crippen LogP contribution is 2.30. The number of fused-ring (bicyclic) bond motifs is 1. The van der Waals surface area contributed by atoms with Gasteiger partial charge < -0.3 is 4.74 Å². The van der Waals surface area contributed by atoms with Crippen LogP contribution in [0.25, 0.3) is 11.1 Å². The molecule has 0 radical (unpaired) electrons. The minimum atomic E-state index is -0.670. The molecule has 6 heteroatoms. The molecular weight excluding hydrogens is 274 g/mol. The van der Waals surface area contributed by atoms with Gasteiger partial charge in [0, 0.05) is 12.1 Å². The first-order chi connectivity index (χ1) is 9.97. The summed E-state index contributed by atoms with van der Waals surface area (Å²) in [7, 11) is 0. The SMILES string of the molecule is Cc1cc([N+](=O)[O-])ccc1-c1ccc2c(c1)C(=O)OC2=O. The second kappa shape index (κ2) is 4.52. The summed E-state index contributed by atoms with van der Waals surface area (Å²) >= 11 is 0. The van der Waals surface area contributed by atoms with Gasteiger partial charge in [-0.1, -0.05) is 6.07 Å². The molecule has 0 bridgehead atoms. The van der Waals surface area contributed by atoms with Gasteiger partial charge in [0.15, 0.2) is 0 Å². The van der Waals surface area contributed by atoms with Crippen LogP contribution in [0.1, 0.15) is 26.3 Å². The van der Waals surface area contributed by atoms with Crippen LogP contribution in [0, 0.1) is 17.0 Å². The lowest BCUT2D eigenvalue weighted by Crippen LogP contribution is -1.96. The van der Waals surface area contributed by atoms with E-state index >= 15 is 0 Å². The number of nitrogens with zero attached hydrogens (tertiary/aromatic N) is 1. The Bertz CT molecular complexity index is 810. The summed E-state index contributed by atoms with van der Waals surface area (Å²) in [6.45, 7) is 1.75. The van der Waals surface area contributed by atoms with Crippen molar-refractivity contribution in [3.05, 3.63) is 63.2 Å². The molecule has 1 aliphatic heterocycles. The fourth-order valence-corrected chi connectivity index (χ4v) is 2.34. The molecular formula is C15H9NO5. The summed E-state index contributed by atoms with van der Waals surface area (Å²) in [6.07, 6.45) is 0. The summed E-state index contributed by atoms with van der Waals surface area (Å²) < 4.78 is 4.54. The number of hydrogen-bond donors (Lipinski definition) is 0. The Morgan fingerprint density at radius 3 is 2.29 bits per heavy atom. The lowest BCUT2D eigenvalue weighted by atomic mass is 9.96. The van der Waals surface area contributed by atoms with Gasteiger partial charge in [-0.25, -0.2) is 9.59 Å². The lowest BCUT2D eigenvalue weighted by Gasteiger charge is -2.06. The summed E-state index contributed by atoms with van der Waals surface area (Å²) in [5, 5.41) is 10.7. The number of nitro groups is 1. The largest absolute Gasteiger partial charge is 0.386 e. The summed E-state index contributed by atoms with van der Waals surface area (Å²) in [6, 6.07) is 9.27. The molecule has 0 saturated heterocycles. The Labute approximate surface area is 119 Å². The second-order valence-electron chi connectivity index (χ2n) is 4.69. The number of carbonyl (C=O) groups excluding carboxylic acids is 2. The van der Waals surface area contributed by atoms with Crippen molar-refractivity contribution in [3.63, 3.8) is 0 Å². The van der Waals surface area contributed by atoms with Crippen LogP contribution in [0.5, 0.6) is 0 Å². The zero-order valence-corrected chi connectivity index (χ0v) is 11.0. The first-order valence-electron chi connectivity index (χ1n) is 6.13. The maximum absolute atomic E-state index is 11.6. The van der Waals surface area contributed by atoms with E-state index in [1.807, 2.05) is 0 Å². The van der Waals surface area contributed by atoms with E-state index in [1.54, 1.807) is 25.1 Å². The molecule has 1 heterocycles. The van der Waals surface area contributed by atoms with Crippen molar-refractivity contribution < 1.29 is 19.2 Å². The van der Waals surface area contributed by atoms with Crippen molar-refractivity contribution in [3.8, 4) is 11.1 Å². The number of nitro benzene ring substituents is 1. The van der Waals surface area contributed by atoms with Crippen LogP contribution < -0.4 is 0 Å². The van der Waals surface area contributed by atoms with E-state index in [0.717, 1.165) is 5.56 Å². The van der Waals surface area contributed by atoms with Gasteiger partial charge in [-0.05, 0) is 41.8 Å². The fourth-order valence-electron chi connectivity index (χ4n) is 2.34. The van der Waals surface area contributed by atoms with E-state index in [9.17, 15) is 19.7 Å². The topological polar surface area (TPSA) is 86.5 Å². The first-order valence-corrected chi connectivity index (χ1v) is 6.13. The maximum Gasteiger partial charge on any atom is 0.346 e. The highest BCUT2D eigenvalue weighted by atomic mass is 16.6. The number of non-ortho nitro benzene ring substituents is 1. The van der Waals surface area contributed by atoms with Gasteiger partial charge in [0.05, 0.1) is 16.1 Å². The van der Waals surface area contributed by atoms with Crippen LogP contribution in [0.2, 0.25) is 0 Å². The first kappa shape index (κ1) is 13.0. The van der Waals surface area contributed by atoms with Gasteiger partial charge in [-0.2, -0.15) is 0 Å². The van der Waals surface area contributed by atoms with E-state index in [2.05, 4.69) is 4.74 Å². The predicted molar refractivity (Wildman–Crippen MR) is 73.0 cm³/mol. The minimum Gasteiger partial charge on any atom is -0.386 e. The molecule has 0 N–H and O–H groups in total. The smallest absolute Gasteiger partial charge is 0.346 e. The number of hydrogen-bond acceptors (Lipinski definition) is 5. The molecule has 0 atom stereocenters. The zero-order valence-electron chi connectivity index (χ0n) is 11.0. The third-order valence-electron chi connectivity index (χ3n) is 3.38. The molecule has 0 fully saturated rings. The van der Waals surface area contributed by atoms with E-state index in [1.165, 1.54) is 18.2 Å². The van der Waals surface area contributed by atoms with Crippen LogP contribution >= 0.6 is 0 Å². The Kier molecular flexibility index (Phi) is 2.79. The molecule has 2 aromatic rings. The average Bonchev–Trinajstić information content (AvgIpc) is 2.73. The highest BCUT2D eigenvalue weighted by Gasteiger charge is 2.29. The Morgan fingerprint density at radius 2 is 1.62 bits per heavy atom. The van der Waals surface area contributed by atoms with Crippen molar-refractivity contribution in [1.29, 1.82) is 0 Å². The van der Waals surface area contributed by atoms with Gasteiger partial charge in [-0.15, -0.1) is 0 Å². The lowest BCUT2D eigenvalue weighted by molar-refractivity contribution is -0.384. The number of rotatable bonds is 2. The second-order valence-corrected chi connectivity index (χ2v) is 4.69. The third-order valence-corrected chi connectivity index (χ3v) is 3.38. The van der Waals surface area contributed by atoms with Crippen LogP contribution in [0.15, 0.2) is 36.4 Å². The number of esters is 2. The number of benzene rings is 2. The Balaban J connectivity index is 2.10. The van der Waals surface area contributed by atoms with E-state index in [4.69, 9.17) is 0 Å². The molecule has 0 saturated carbocycles. The van der Waals surface area contributed by atoms with Crippen LogP contribution in [-0.2, 0) is 4.74 Å². The fraction of sp³-hybridized carbons (Fsp3) is 0.0667. The van der Waals surface area contributed by atoms with Crippen molar-refractivity contribution >= 4 is 17.6 Å². The van der Waals surface area contributed by atoms with Crippen molar-refractivity contribution in [2.45, 2.75) is 6.92 Å². The maximum atomic E-state index is 11.6. The van der Waals surface area contributed by atoms with Crippen molar-refractivity contribution in [2.75, 3.05) is 0 Å². The van der Waals surface area contributed by atoms with Gasteiger partial charge in [0.2, 0.25) is 0 Å². The predicted octanol–water partition coefficient (Wildman–Crippen LogP) is 2.88. The number of cyclic esters (lactones) is 2. The summed E-state index contributed by atoms with van der Waals surface area (Å²) in [5.41, 5.74) is 2.63. The van der Waals surface area contributed by atoms with E-state index in [0.29, 0.717) is 11.1 Å². The third kappa shape index (κ3) is 2.06. The molecule has 3 rings (SSSR count). The number of carbonyl (C=O) groups is 2. The Morgan fingerprint density at radius 1 is 0.952 bits per heavy atom. The molecule has 21 heavy (non-hydrogen) atoms. The minimum absolute atomic E-state index is 0.00648. The van der Waals surface area contributed by atoms with Crippen molar-refractivity contribution in [1.82, 2.24) is 0 Å². The molecule has 1 aliphatic rings. The molecule has 0 spiro atoms. The highest BCUT2D eigenvalue weighted by molar-refractivity contribution is 6.15. The van der Waals surface area contributed by atoms with E-state index in [-0.39, 0.29) is 16.8 Å². The van der Waals surface area contributed by atoms with Crippen LogP contribution in [0.3, 0.4) is 0 Å².